The highest BCUT2D eigenvalue weighted by Gasteiger charge is 2.32. The fourth-order valence-electron chi connectivity index (χ4n) is 1.87. The van der Waals surface area contributed by atoms with Crippen LogP contribution in [0.2, 0.25) is 0 Å². The molecule has 10 heavy (non-hydrogen) atoms. The Balaban J connectivity index is 2.38. The Kier molecular flexibility index (Phi) is 1.99. The van der Waals surface area contributed by atoms with Crippen LogP contribution in [0.5, 0.6) is 0 Å². The van der Waals surface area contributed by atoms with Gasteiger partial charge in [-0.3, -0.25) is 0 Å². The summed E-state index contributed by atoms with van der Waals surface area (Å²) in [6, 6.07) is 0. The summed E-state index contributed by atoms with van der Waals surface area (Å²) in [6.45, 7) is 12.1. The first kappa shape index (κ1) is 7.60. The van der Waals surface area contributed by atoms with E-state index in [9.17, 15) is 0 Å². The van der Waals surface area contributed by atoms with Crippen LogP contribution in [0.25, 0.3) is 4.85 Å². The minimum Gasteiger partial charge on any atom is -0.317 e. The van der Waals surface area contributed by atoms with Crippen molar-refractivity contribution in [2.24, 2.45) is 11.3 Å². The summed E-state index contributed by atoms with van der Waals surface area (Å²) in [7, 11) is 0. The first-order valence-electron chi connectivity index (χ1n) is 3.97. The molecular formula is C9H15N. The van der Waals surface area contributed by atoms with Gasteiger partial charge >= 0.3 is 0 Å². The molecule has 1 unspecified atom stereocenters. The first-order valence-corrected chi connectivity index (χ1v) is 3.97. The fraction of sp³-hybridized carbons (Fsp3) is 0.889. The van der Waals surface area contributed by atoms with Gasteiger partial charge in [0.15, 0.2) is 0 Å². The lowest BCUT2D eigenvalue weighted by molar-refractivity contribution is 0.365. The van der Waals surface area contributed by atoms with E-state index < -0.39 is 0 Å². The minimum atomic E-state index is 0.523. The predicted octanol–water partition coefficient (Wildman–Crippen LogP) is 2.73. The molecule has 0 aromatic rings. The van der Waals surface area contributed by atoms with Crippen molar-refractivity contribution in [1.29, 1.82) is 0 Å². The second-order valence-electron chi connectivity index (χ2n) is 4.11. The lowest BCUT2D eigenvalue weighted by Gasteiger charge is -2.15. The normalized spacial score (nSPS) is 29.9. The van der Waals surface area contributed by atoms with Crippen molar-refractivity contribution in [2.75, 3.05) is 6.54 Å². The van der Waals surface area contributed by atoms with Gasteiger partial charge in [0.2, 0.25) is 6.54 Å². The summed E-state index contributed by atoms with van der Waals surface area (Å²) in [6.07, 6.45) is 3.85. The average molecular weight is 137 g/mol. The van der Waals surface area contributed by atoms with Gasteiger partial charge in [-0.2, -0.15) is 0 Å². The Morgan fingerprint density at radius 2 is 2.30 bits per heavy atom. The molecule has 1 rings (SSSR count). The molecule has 0 heterocycles. The van der Waals surface area contributed by atoms with Crippen molar-refractivity contribution in [3.8, 4) is 0 Å². The molecule has 0 saturated heterocycles. The van der Waals surface area contributed by atoms with Crippen LogP contribution in [0, 0.1) is 17.9 Å². The largest absolute Gasteiger partial charge is 0.317 e. The van der Waals surface area contributed by atoms with Crippen LogP contribution < -0.4 is 0 Å². The van der Waals surface area contributed by atoms with E-state index in [1.54, 1.807) is 0 Å². The Morgan fingerprint density at radius 1 is 1.60 bits per heavy atom. The second kappa shape index (κ2) is 2.62. The van der Waals surface area contributed by atoms with Crippen LogP contribution in [0.15, 0.2) is 0 Å². The molecular weight excluding hydrogens is 122 g/mol. The quantitative estimate of drug-likeness (QED) is 0.489. The summed E-state index contributed by atoms with van der Waals surface area (Å²) in [4.78, 5) is 3.43. The van der Waals surface area contributed by atoms with Crippen molar-refractivity contribution < 1.29 is 0 Å². The molecule has 0 N–H and O–H groups in total. The Labute approximate surface area is 63.3 Å². The molecule has 0 radical (unpaired) electrons. The van der Waals surface area contributed by atoms with Crippen molar-refractivity contribution in [2.45, 2.75) is 33.1 Å². The zero-order valence-electron chi connectivity index (χ0n) is 6.85. The topological polar surface area (TPSA) is 4.36 Å². The van der Waals surface area contributed by atoms with E-state index in [1.165, 1.54) is 19.3 Å². The van der Waals surface area contributed by atoms with Gasteiger partial charge in [0.25, 0.3) is 0 Å². The predicted molar refractivity (Wildman–Crippen MR) is 42.6 cm³/mol. The van der Waals surface area contributed by atoms with Crippen LogP contribution in [-0.2, 0) is 0 Å². The molecule has 1 saturated carbocycles. The molecule has 0 spiro atoms. The van der Waals surface area contributed by atoms with Crippen LogP contribution in [-0.4, -0.2) is 6.54 Å². The molecule has 1 atom stereocenters. The van der Waals surface area contributed by atoms with E-state index in [0.717, 1.165) is 6.54 Å². The molecule has 1 fully saturated rings. The third-order valence-electron chi connectivity index (χ3n) is 2.42. The highest BCUT2D eigenvalue weighted by molar-refractivity contribution is 4.85. The van der Waals surface area contributed by atoms with Gasteiger partial charge in [0.1, 0.15) is 0 Å². The van der Waals surface area contributed by atoms with Gasteiger partial charge in [-0.1, -0.05) is 13.8 Å². The summed E-state index contributed by atoms with van der Waals surface area (Å²) >= 11 is 0. The minimum absolute atomic E-state index is 0.523. The van der Waals surface area contributed by atoms with Gasteiger partial charge in [0, 0.05) is 5.92 Å². The van der Waals surface area contributed by atoms with Crippen molar-refractivity contribution >= 4 is 0 Å². The maximum absolute atomic E-state index is 6.72. The molecule has 1 aliphatic rings. The lowest BCUT2D eigenvalue weighted by Crippen LogP contribution is -2.06. The van der Waals surface area contributed by atoms with Gasteiger partial charge in [-0.05, 0) is 24.7 Å². The number of hydrogen-bond acceptors (Lipinski definition) is 0. The maximum Gasteiger partial charge on any atom is 0.217 e. The average Bonchev–Trinajstić information content (AvgIpc) is 2.12. The molecule has 0 bridgehead atoms. The monoisotopic (exact) mass is 137 g/mol. The zero-order chi connectivity index (χ0) is 7.61. The fourth-order valence-corrected chi connectivity index (χ4v) is 1.87. The highest BCUT2D eigenvalue weighted by atomic mass is 14.6. The van der Waals surface area contributed by atoms with Crippen LogP contribution in [0.3, 0.4) is 0 Å². The van der Waals surface area contributed by atoms with E-state index in [2.05, 4.69) is 18.7 Å². The molecule has 56 valence electrons. The standard InChI is InChI=1S/C9H15N/c1-9(2)5-4-8(6-9)7-10-3/h8H,4-7H2,1-2H3. The SMILES string of the molecule is [C-]#[N+]CC1CCC(C)(C)C1. The smallest absolute Gasteiger partial charge is 0.217 e. The third-order valence-corrected chi connectivity index (χ3v) is 2.42. The maximum atomic E-state index is 6.72. The molecule has 0 aliphatic heterocycles. The van der Waals surface area contributed by atoms with Gasteiger partial charge in [0.05, 0.1) is 0 Å². The molecule has 0 amide bonds. The van der Waals surface area contributed by atoms with Crippen molar-refractivity contribution in [3.63, 3.8) is 0 Å². The molecule has 1 heteroatoms. The lowest BCUT2D eigenvalue weighted by atomic mass is 9.91. The van der Waals surface area contributed by atoms with Crippen molar-refractivity contribution in [1.82, 2.24) is 0 Å². The number of nitrogens with zero attached hydrogens (tertiary/aromatic N) is 1. The van der Waals surface area contributed by atoms with E-state index in [0.29, 0.717) is 11.3 Å². The first-order chi connectivity index (χ1) is 4.64. The Bertz CT molecular complexity index is 153. The van der Waals surface area contributed by atoms with Crippen molar-refractivity contribution in [3.05, 3.63) is 11.4 Å². The van der Waals surface area contributed by atoms with Crippen LogP contribution in [0.4, 0.5) is 0 Å². The third kappa shape index (κ3) is 1.73. The van der Waals surface area contributed by atoms with E-state index >= 15 is 0 Å². The van der Waals surface area contributed by atoms with E-state index in [4.69, 9.17) is 6.57 Å². The Morgan fingerprint density at radius 3 is 2.70 bits per heavy atom. The second-order valence-corrected chi connectivity index (χ2v) is 4.11. The van der Waals surface area contributed by atoms with Crippen LogP contribution in [0.1, 0.15) is 33.1 Å². The number of hydrogen-bond donors (Lipinski definition) is 0. The Hall–Kier alpha value is -0.510. The highest BCUT2D eigenvalue weighted by Crippen LogP contribution is 2.40. The van der Waals surface area contributed by atoms with Crippen LogP contribution >= 0.6 is 0 Å². The summed E-state index contributed by atoms with van der Waals surface area (Å²) in [5, 5.41) is 0. The zero-order valence-corrected chi connectivity index (χ0v) is 6.85. The summed E-state index contributed by atoms with van der Waals surface area (Å²) < 4.78 is 0. The molecule has 1 nitrogen and oxygen atoms in total. The molecule has 0 aromatic heterocycles. The molecule has 0 aromatic carbocycles. The van der Waals surface area contributed by atoms with E-state index in [-0.39, 0.29) is 0 Å². The summed E-state index contributed by atoms with van der Waals surface area (Å²) in [5.74, 6) is 0.701. The van der Waals surface area contributed by atoms with Gasteiger partial charge in [-0.15, -0.1) is 0 Å². The van der Waals surface area contributed by atoms with E-state index in [1.807, 2.05) is 0 Å². The van der Waals surface area contributed by atoms with Gasteiger partial charge < -0.3 is 4.85 Å². The van der Waals surface area contributed by atoms with Gasteiger partial charge in [-0.25, -0.2) is 6.57 Å². The summed E-state index contributed by atoms with van der Waals surface area (Å²) in [5.41, 5.74) is 0.523. The number of rotatable bonds is 1. The molecule has 1 aliphatic carbocycles.